The number of ether oxygens (including phenoxy) is 1. The summed E-state index contributed by atoms with van der Waals surface area (Å²) < 4.78 is 6.46. The van der Waals surface area contributed by atoms with Crippen LogP contribution < -0.4 is 0 Å². The lowest BCUT2D eigenvalue weighted by atomic mass is 9.46. The van der Waals surface area contributed by atoms with Crippen LogP contribution in [0.25, 0.3) is 0 Å². The van der Waals surface area contributed by atoms with Crippen molar-refractivity contribution < 1.29 is 9.53 Å². The van der Waals surface area contributed by atoms with Crippen LogP contribution in [-0.2, 0) is 9.53 Å². The summed E-state index contributed by atoms with van der Waals surface area (Å²) in [5.74, 6) is 9.36. The number of hydrogen-bond donors (Lipinski definition) is 0. The molecule has 2 heteroatoms. The monoisotopic (exact) mass is 378 g/mol. The molecule has 0 amide bonds. The molecule has 4 aliphatic carbocycles. The molecule has 0 aromatic heterocycles. The van der Waals surface area contributed by atoms with Gasteiger partial charge in [0.2, 0.25) is 0 Å². The van der Waals surface area contributed by atoms with Gasteiger partial charge >= 0.3 is 0 Å². The fourth-order valence-corrected chi connectivity index (χ4v) is 5.92. The molecule has 0 radical (unpaired) electrons. The van der Waals surface area contributed by atoms with Crippen LogP contribution in [-0.4, -0.2) is 18.5 Å². The zero-order valence-corrected chi connectivity index (χ0v) is 17.6. The lowest BCUT2D eigenvalue weighted by Gasteiger charge is -2.60. The van der Waals surface area contributed by atoms with E-state index in [1.807, 2.05) is 30.3 Å². The molecule has 4 aliphatic rings. The third kappa shape index (κ3) is 3.79. The summed E-state index contributed by atoms with van der Waals surface area (Å²) in [5, 5.41) is 0. The van der Waals surface area contributed by atoms with Crippen LogP contribution in [0.4, 0.5) is 0 Å². The summed E-state index contributed by atoms with van der Waals surface area (Å²) in [5.41, 5.74) is 1.46. The predicted octanol–water partition coefficient (Wildman–Crippen LogP) is 5.50. The molecular weight excluding hydrogens is 344 g/mol. The first-order chi connectivity index (χ1) is 13.5. The molecule has 4 fully saturated rings. The van der Waals surface area contributed by atoms with E-state index in [0.717, 1.165) is 43.3 Å². The minimum Gasteiger partial charge on any atom is -0.364 e. The smallest absolute Gasteiger partial charge is 0.142 e. The number of ketones is 1. The predicted molar refractivity (Wildman–Crippen MR) is 113 cm³/mol. The fraction of sp³-hybridized carbons (Fsp3) is 0.654. The van der Waals surface area contributed by atoms with Gasteiger partial charge in [-0.05, 0) is 67.4 Å². The van der Waals surface area contributed by atoms with Crippen molar-refractivity contribution in [2.75, 3.05) is 6.61 Å². The van der Waals surface area contributed by atoms with Crippen molar-refractivity contribution in [3.8, 4) is 11.8 Å². The summed E-state index contributed by atoms with van der Waals surface area (Å²) in [6, 6.07) is 10.1. The Balaban J connectivity index is 1.48. The standard InChI is InChI=1S/C26H34O2/c1-18-8-7-11-22(25(18)27)24(15-12-19-9-5-4-6-10-19)28-17-20-13-14-21-16-23(20)26(21,2)3/h4-6,9-10,18,20-24H,7-8,11,13-14,16-17H2,1-3H3/t18?,20-,21+,22+,23+,24-/m0/s1. The highest BCUT2D eigenvalue weighted by Crippen LogP contribution is 2.61. The minimum atomic E-state index is -0.267. The lowest BCUT2D eigenvalue weighted by molar-refractivity contribution is -0.141. The average molecular weight is 379 g/mol. The first kappa shape index (κ1) is 19.7. The highest BCUT2D eigenvalue weighted by Gasteiger charge is 2.54. The normalized spacial score (nSPS) is 34.7. The quantitative estimate of drug-likeness (QED) is 0.647. The molecule has 28 heavy (non-hydrogen) atoms. The van der Waals surface area contributed by atoms with Crippen molar-refractivity contribution in [3.63, 3.8) is 0 Å². The second-order valence-electron chi connectivity index (χ2n) is 9.93. The van der Waals surface area contributed by atoms with Gasteiger partial charge in [0.25, 0.3) is 0 Å². The first-order valence-corrected chi connectivity index (χ1v) is 11.2. The average Bonchev–Trinajstić information content (AvgIpc) is 2.71. The van der Waals surface area contributed by atoms with Gasteiger partial charge in [0.1, 0.15) is 11.9 Å². The summed E-state index contributed by atoms with van der Waals surface area (Å²) in [6.45, 7) is 7.68. The van der Waals surface area contributed by atoms with Crippen LogP contribution in [0.2, 0.25) is 0 Å². The summed E-state index contributed by atoms with van der Waals surface area (Å²) in [4.78, 5) is 12.9. The maximum absolute atomic E-state index is 12.9. The van der Waals surface area contributed by atoms with Crippen molar-refractivity contribution in [1.29, 1.82) is 0 Å². The molecule has 0 N–H and O–H groups in total. The first-order valence-electron chi connectivity index (χ1n) is 11.2. The molecule has 150 valence electrons. The van der Waals surface area contributed by atoms with Crippen LogP contribution >= 0.6 is 0 Å². The molecular formula is C26H34O2. The van der Waals surface area contributed by atoms with Crippen LogP contribution in [0.15, 0.2) is 30.3 Å². The summed E-state index contributed by atoms with van der Waals surface area (Å²) in [6.07, 6.45) is 6.72. The van der Waals surface area contributed by atoms with E-state index < -0.39 is 0 Å². The number of carbonyl (C=O) groups excluding carboxylic acids is 1. The van der Waals surface area contributed by atoms with E-state index in [2.05, 4.69) is 32.6 Å². The zero-order chi connectivity index (χ0) is 19.7. The van der Waals surface area contributed by atoms with E-state index in [-0.39, 0.29) is 17.9 Å². The van der Waals surface area contributed by atoms with Crippen molar-refractivity contribution >= 4 is 5.78 Å². The number of Topliss-reactive ketones (excluding diaryl/α,β-unsaturated/α-hetero) is 1. The molecule has 0 saturated heterocycles. The van der Waals surface area contributed by atoms with E-state index in [1.54, 1.807) is 0 Å². The molecule has 1 aromatic carbocycles. The summed E-state index contributed by atoms with van der Waals surface area (Å²) in [7, 11) is 0. The van der Waals surface area contributed by atoms with Gasteiger partial charge in [-0.1, -0.05) is 57.2 Å². The van der Waals surface area contributed by atoms with Gasteiger partial charge in [-0.2, -0.15) is 0 Å². The zero-order valence-electron chi connectivity index (χ0n) is 17.6. The Kier molecular flexibility index (Phi) is 5.66. The Hall–Kier alpha value is -1.59. The number of carbonyl (C=O) groups is 1. The highest BCUT2D eigenvalue weighted by molar-refractivity contribution is 5.84. The van der Waals surface area contributed by atoms with Gasteiger partial charge in [-0.25, -0.2) is 0 Å². The SMILES string of the molecule is CC1CCC[C@H]([C@H](C#Cc2ccccc2)OC[C@@H]2CC[C@@H]3C[C@H]2C3(C)C)C1=O. The Morgan fingerprint density at radius 1 is 1.14 bits per heavy atom. The van der Waals surface area contributed by atoms with E-state index in [4.69, 9.17) is 4.74 Å². The highest BCUT2D eigenvalue weighted by atomic mass is 16.5. The van der Waals surface area contributed by atoms with Gasteiger partial charge in [0.05, 0.1) is 12.5 Å². The van der Waals surface area contributed by atoms with Gasteiger partial charge in [-0.15, -0.1) is 0 Å². The van der Waals surface area contributed by atoms with Crippen LogP contribution in [0, 0.1) is 46.8 Å². The number of fused-ring (bicyclic) bond motifs is 2. The van der Waals surface area contributed by atoms with Crippen molar-refractivity contribution in [3.05, 3.63) is 35.9 Å². The van der Waals surface area contributed by atoms with Gasteiger partial charge in [-0.3, -0.25) is 4.79 Å². The number of rotatable bonds is 4. The molecule has 5 rings (SSSR count). The molecule has 2 bridgehead atoms. The molecule has 1 aromatic rings. The lowest BCUT2D eigenvalue weighted by Crippen LogP contribution is -2.53. The molecule has 1 unspecified atom stereocenters. The second kappa shape index (κ2) is 8.03. The maximum Gasteiger partial charge on any atom is 0.142 e. The van der Waals surface area contributed by atoms with Crippen molar-refractivity contribution in [2.24, 2.45) is 35.0 Å². The van der Waals surface area contributed by atoms with Crippen LogP contribution in [0.1, 0.15) is 64.9 Å². The number of hydrogen-bond acceptors (Lipinski definition) is 2. The molecule has 2 nitrogen and oxygen atoms in total. The van der Waals surface area contributed by atoms with E-state index in [9.17, 15) is 4.79 Å². The molecule has 0 aliphatic heterocycles. The van der Waals surface area contributed by atoms with E-state index in [1.165, 1.54) is 19.3 Å². The van der Waals surface area contributed by atoms with E-state index >= 15 is 0 Å². The maximum atomic E-state index is 12.9. The Bertz CT molecular complexity index is 752. The Labute approximate surface area is 170 Å². The number of benzene rings is 1. The Morgan fingerprint density at radius 3 is 2.64 bits per heavy atom. The fourth-order valence-electron chi connectivity index (χ4n) is 5.92. The molecule has 0 spiro atoms. The largest absolute Gasteiger partial charge is 0.364 e. The Morgan fingerprint density at radius 2 is 1.93 bits per heavy atom. The minimum absolute atomic E-state index is 0.0642. The van der Waals surface area contributed by atoms with Gasteiger partial charge < -0.3 is 4.74 Å². The van der Waals surface area contributed by atoms with Gasteiger partial charge in [0.15, 0.2) is 0 Å². The topological polar surface area (TPSA) is 26.3 Å². The third-order valence-electron chi connectivity index (χ3n) is 7.99. The summed E-state index contributed by atoms with van der Waals surface area (Å²) >= 11 is 0. The van der Waals surface area contributed by atoms with Gasteiger partial charge in [0, 0.05) is 11.5 Å². The van der Waals surface area contributed by atoms with Crippen molar-refractivity contribution in [1.82, 2.24) is 0 Å². The van der Waals surface area contributed by atoms with E-state index in [0.29, 0.717) is 17.1 Å². The van der Waals surface area contributed by atoms with Crippen LogP contribution in [0.5, 0.6) is 0 Å². The molecule has 4 saturated carbocycles. The molecule has 6 atom stereocenters. The third-order valence-corrected chi connectivity index (χ3v) is 7.99. The van der Waals surface area contributed by atoms with Crippen molar-refractivity contribution in [2.45, 2.75) is 65.4 Å². The molecule has 0 heterocycles. The van der Waals surface area contributed by atoms with Crippen LogP contribution in [0.3, 0.4) is 0 Å². The second-order valence-corrected chi connectivity index (χ2v) is 9.93.